The normalized spacial score (nSPS) is 49.6. The predicted molar refractivity (Wildman–Crippen MR) is 44.2 cm³/mol. The maximum Gasteiger partial charge on any atom is 0.0611 e. The molecule has 1 aliphatic carbocycles. The minimum atomic E-state index is 0.499. The molecule has 1 heterocycles. The quantitative estimate of drug-likeness (QED) is 0.649. The summed E-state index contributed by atoms with van der Waals surface area (Å²) in [5.74, 6) is 1.59. The Morgan fingerprint density at radius 1 is 1.45 bits per heavy atom. The van der Waals surface area contributed by atoms with Gasteiger partial charge in [-0.3, -0.25) is 0 Å². The fourth-order valence-corrected chi connectivity index (χ4v) is 2.15. The average Bonchev–Trinajstić information content (AvgIpc) is 2.68. The van der Waals surface area contributed by atoms with Crippen molar-refractivity contribution in [1.82, 2.24) is 0 Å². The zero-order valence-electron chi connectivity index (χ0n) is 7.12. The molecule has 11 heavy (non-hydrogen) atoms. The lowest BCUT2D eigenvalue weighted by molar-refractivity contribution is 0.0399. The van der Waals surface area contributed by atoms with E-state index in [0.717, 1.165) is 18.4 Å². The largest absolute Gasteiger partial charge is 0.375 e. The molecule has 2 N–H and O–H groups in total. The van der Waals surface area contributed by atoms with Gasteiger partial charge in [0.25, 0.3) is 0 Å². The number of nitrogens with two attached hydrogens (primary N) is 1. The molecular weight excluding hydrogens is 138 g/mol. The lowest BCUT2D eigenvalue weighted by Crippen LogP contribution is -2.14. The van der Waals surface area contributed by atoms with E-state index in [4.69, 9.17) is 10.5 Å². The fraction of sp³-hybridized carbons (Fsp3) is 1.00. The van der Waals surface area contributed by atoms with Crippen LogP contribution < -0.4 is 5.73 Å². The van der Waals surface area contributed by atoms with E-state index in [-0.39, 0.29) is 0 Å². The third-order valence-electron chi connectivity index (χ3n) is 3.02. The Kier molecular flexibility index (Phi) is 1.90. The SMILES string of the molecule is CC1CCC(C2CC2CN)O1. The minimum Gasteiger partial charge on any atom is -0.375 e. The first-order valence-electron chi connectivity index (χ1n) is 4.66. The fourth-order valence-electron chi connectivity index (χ4n) is 2.15. The summed E-state index contributed by atoms with van der Waals surface area (Å²) in [6.45, 7) is 3.03. The van der Waals surface area contributed by atoms with Gasteiger partial charge in [0.1, 0.15) is 0 Å². The van der Waals surface area contributed by atoms with Crippen LogP contribution >= 0.6 is 0 Å². The van der Waals surface area contributed by atoms with Crippen LogP contribution in [-0.4, -0.2) is 18.8 Å². The molecule has 0 aromatic carbocycles. The van der Waals surface area contributed by atoms with E-state index in [1.807, 2.05) is 0 Å². The van der Waals surface area contributed by atoms with E-state index < -0.39 is 0 Å². The molecule has 0 amide bonds. The highest BCUT2D eigenvalue weighted by Gasteiger charge is 2.44. The Morgan fingerprint density at radius 3 is 2.73 bits per heavy atom. The Labute approximate surface area is 68.1 Å². The van der Waals surface area contributed by atoms with Crippen molar-refractivity contribution in [2.75, 3.05) is 6.54 Å². The second-order valence-electron chi connectivity index (χ2n) is 3.96. The molecule has 1 saturated heterocycles. The van der Waals surface area contributed by atoms with Crippen molar-refractivity contribution in [1.29, 1.82) is 0 Å². The highest BCUT2D eigenvalue weighted by Crippen LogP contribution is 2.45. The maximum atomic E-state index is 5.76. The van der Waals surface area contributed by atoms with Crippen LogP contribution in [0.2, 0.25) is 0 Å². The van der Waals surface area contributed by atoms with Crippen LogP contribution in [0.3, 0.4) is 0 Å². The van der Waals surface area contributed by atoms with Gasteiger partial charge in [0, 0.05) is 0 Å². The van der Waals surface area contributed by atoms with E-state index in [2.05, 4.69) is 6.92 Å². The zero-order valence-corrected chi connectivity index (χ0v) is 7.12. The summed E-state index contributed by atoms with van der Waals surface area (Å²) in [5, 5.41) is 0. The van der Waals surface area contributed by atoms with Gasteiger partial charge in [-0.2, -0.15) is 0 Å². The summed E-state index contributed by atoms with van der Waals surface area (Å²) in [6.07, 6.45) is 4.88. The molecular formula is C9H17NO. The molecule has 4 atom stereocenters. The molecule has 4 unspecified atom stereocenters. The molecule has 2 aliphatic rings. The van der Waals surface area contributed by atoms with Gasteiger partial charge in [-0.15, -0.1) is 0 Å². The van der Waals surface area contributed by atoms with Crippen LogP contribution in [0, 0.1) is 11.8 Å². The molecule has 0 aromatic rings. The average molecular weight is 155 g/mol. The van der Waals surface area contributed by atoms with Gasteiger partial charge in [0.2, 0.25) is 0 Å². The molecule has 2 nitrogen and oxygen atoms in total. The summed E-state index contributed by atoms with van der Waals surface area (Å²) in [7, 11) is 0. The number of ether oxygens (including phenoxy) is 1. The molecule has 2 heteroatoms. The van der Waals surface area contributed by atoms with Crippen molar-refractivity contribution in [3.8, 4) is 0 Å². The van der Waals surface area contributed by atoms with Gasteiger partial charge in [0.15, 0.2) is 0 Å². The zero-order chi connectivity index (χ0) is 7.84. The third-order valence-corrected chi connectivity index (χ3v) is 3.02. The highest BCUT2D eigenvalue weighted by molar-refractivity contribution is 4.94. The van der Waals surface area contributed by atoms with Crippen molar-refractivity contribution in [3.05, 3.63) is 0 Å². The smallest absolute Gasteiger partial charge is 0.0611 e. The first kappa shape index (κ1) is 7.56. The maximum absolute atomic E-state index is 5.76. The van der Waals surface area contributed by atoms with Crippen LogP contribution in [0.4, 0.5) is 0 Å². The molecule has 2 rings (SSSR count). The van der Waals surface area contributed by atoms with Gasteiger partial charge >= 0.3 is 0 Å². The summed E-state index contributed by atoms with van der Waals surface area (Å²) < 4.78 is 5.76. The molecule has 64 valence electrons. The second-order valence-corrected chi connectivity index (χ2v) is 3.96. The van der Waals surface area contributed by atoms with E-state index in [1.165, 1.54) is 19.3 Å². The van der Waals surface area contributed by atoms with Crippen LogP contribution in [0.5, 0.6) is 0 Å². The van der Waals surface area contributed by atoms with Crippen molar-refractivity contribution in [2.45, 2.75) is 38.4 Å². The van der Waals surface area contributed by atoms with Gasteiger partial charge in [-0.25, -0.2) is 0 Å². The first-order valence-corrected chi connectivity index (χ1v) is 4.66. The molecule has 0 spiro atoms. The summed E-state index contributed by atoms with van der Waals surface area (Å²) in [6, 6.07) is 0. The molecule has 0 aromatic heterocycles. The van der Waals surface area contributed by atoms with Crippen molar-refractivity contribution < 1.29 is 4.74 Å². The minimum absolute atomic E-state index is 0.499. The monoisotopic (exact) mass is 155 g/mol. The molecule has 0 radical (unpaired) electrons. The highest BCUT2D eigenvalue weighted by atomic mass is 16.5. The molecule has 2 fully saturated rings. The standard InChI is InChI=1S/C9H17NO/c1-6-2-3-9(11-6)8-4-7(8)5-10/h6-9H,2-5,10H2,1H3. The molecule has 1 aliphatic heterocycles. The Hall–Kier alpha value is -0.0800. The lowest BCUT2D eigenvalue weighted by Gasteiger charge is -2.09. The second kappa shape index (κ2) is 2.76. The molecule has 1 saturated carbocycles. The Morgan fingerprint density at radius 2 is 2.27 bits per heavy atom. The van der Waals surface area contributed by atoms with Crippen molar-refractivity contribution >= 4 is 0 Å². The van der Waals surface area contributed by atoms with Crippen LogP contribution in [0.15, 0.2) is 0 Å². The van der Waals surface area contributed by atoms with Gasteiger partial charge in [-0.1, -0.05) is 0 Å². The van der Waals surface area contributed by atoms with Gasteiger partial charge in [-0.05, 0) is 44.6 Å². The Bertz CT molecular complexity index is 148. The summed E-state index contributed by atoms with van der Waals surface area (Å²) in [5.41, 5.74) is 5.57. The summed E-state index contributed by atoms with van der Waals surface area (Å²) >= 11 is 0. The van der Waals surface area contributed by atoms with E-state index >= 15 is 0 Å². The van der Waals surface area contributed by atoms with Crippen molar-refractivity contribution in [3.63, 3.8) is 0 Å². The van der Waals surface area contributed by atoms with E-state index in [0.29, 0.717) is 12.2 Å². The van der Waals surface area contributed by atoms with Crippen LogP contribution in [0.1, 0.15) is 26.2 Å². The number of hydrogen-bond donors (Lipinski definition) is 1. The van der Waals surface area contributed by atoms with Gasteiger partial charge in [0.05, 0.1) is 12.2 Å². The van der Waals surface area contributed by atoms with Crippen molar-refractivity contribution in [2.24, 2.45) is 17.6 Å². The predicted octanol–water partition coefficient (Wildman–Crippen LogP) is 1.15. The Balaban J connectivity index is 1.80. The molecule has 0 bridgehead atoms. The lowest BCUT2D eigenvalue weighted by atomic mass is 10.1. The van der Waals surface area contributed by atoms with E-state index in [1.54, 1.807) is 0 Å². The third kappa shape index (κ3) is 1.42. The first-order chi connectivity index (χ1) is 5.31. The van der Waals surface area contributed by atoms with E-state index in [9.17, 15) is 0 Å². The topological polar surface area (TPSA) is 35.2 Å². The summed E-state index contributed by atoms with van der Waals surface area (Å²) in [4.78, 5) is 0. The number of hydrogen-bond acceptors (Lipinski definition) is 2. The van der Waals surface area contributed by atoms with Crippen LogP contribution in [0.25, 0.3) is 0 Å². The van der Waals surface area contributed by atoms with Gasteiger partial charge < -0.3 is 10.5 Å². The van der Waals surface area contributed by atoms with Crippen LogP contribution in [-0.2, 0) is 4.74 Å². The number of rotatable bonds is 2.